The number of fused-ring (bicyclic) bond motifs is 1. The lowest BCUT2D eigenvalue weighted by Gasteiger charge is -2.21. The van der Waals surface area contributed by atoms with Gasteiger partial charge in [-0.25, -0.2) is 0 Å². The molecule has 0 saturated heterocycles. The van der Waals surface area contributed by atoms with Gasteiger partial charge in [-0.1, -0.05) is 35.9 Å². The van der Waals surface area contributed by atoms with E-state index >= 15 is 0 Å². The fraction of sp³-hybridized carbons (Fsp3) is 0.381. The van der Waals surface area contributed by atoms with E-state index in [0.29, 0.717) is 12.3 Å². The minimum Gasteiger partial charge on any atom is -0.489 e. The lowest BCUT2D eigenvalue weighted by atomic mass is 10.1. The van der Waals surface area contributed by atoms with Crippen molar-refractivity contribution in [2.45, 2.75) is 31.4 Å². The molecule has 0 fully saturated rings. The van der Waals surface area contributed by atoms with Crippen molar-refractivity contribution in [1.82, 2.24) is 10.2 Å². The maximum atomic E-state index is 12.1. The van der Waals surface area contributed by atoms with E-state index in [0.717, 1.165) is 30.3 Å². The number of nitrogens with one attached hydrogen (secondary N) is 1. The number of amides is 1. The Balaban J connectivity index is 1.46. The molecule has 3 rings (SSSR count). The minimum atomic E-state index is 0.0780. The fourth-order valence-electron chi connectivity index (χ4n) is 3.11. The molecule has 5 heteroatoms. The van der Waals surface area contributed by atoms with Gasteiger partial charge in [0.2, 0.25) is 5.91 Å². The fourth-order valence-corrected chi connectivity index (χ4v) is 3.86. The Morgan fingerprint density at radius 1 is 1.27 bits per heavy atom. The number of carbonyl (C=O) groups is 1. The van der Waals surface area contributed by atoms with Crippen molar-refractivity contribution >= 4 is 17.7 Å². The van der Waals surface area contributed by atoms with Crippen molar-refractivity contribution in [3.05, 3.63) is 59.7 Å². The van der Waals surface area contributed by atoms with Gasteiger partial charge in [0, 0.05) is 36.6 Å². The van der Waals surface area contributed by atoms with E-state index in [1.807, 2.05) is 30.3 Å². The Hall–Kier alpha value is -1.98. The van der Waals surface area contributed by atoms with Crippen LogP contribution in [0, 0.1) is 6.92 Å². The van der Waals surface area contributed by atoms with Gasteiger partial charge in [0.25, 0.3) is 0 Å². The second-order valence-electron chi connectivity index (χ2n) is 6.73. The van der Waals surface area contributed by atoms with E-state index in [1.54, 1.807) is 11.8 Å². The smallest absolute Gasteiger partial charge is 0.230 e. The van der Waals surface area contributed by atoms with E-state index in [2.05, 4.69) is 42.3 Å². The summed E-state index contributed by atoms with van der Waals surface area (Å²) < 4.78 is 6.02. The molecule has 2 aromatic carbocycles. The van der Waals surface area contributed by atoms with E-state index in [4.69, 9.17) is 4.74 Å². The molecule has 0 aliphatic carbocycles. The van der Waals surface area contributed by atoms with Crippen LogP contribution in [0.5, 0.6) is 5.75 Å². The average Bonchev–Trinajstić information content (AvgIpc) is 2.78. The third-order valence-electron chi connectivity index (χ3n) is 4.32. The van der Waals surface area contributed by atoms with Crippen molar-refractivity contribution in [2.24, 2.45) is 0 Å². The Bertz CT molecular complexity index is 736. The van der Waals surface area contributed by atoms with Gasteiger partial charge in [-0.05, 0) is 32.0 Å². The molecule has 1 aliphatic rings. The van der Waals surface area contributed by atoms with Crippen LogP contribution < -0.4 is 10.1 Å². The molecule has 0 bridgehead atoms. The Morgan fingerprint density at radius 3 is 2.88 bits per heavy atom. The molecule has 0 aromatic heterocycles. The van der Waals surface area contributed by atoms with Crippen LogP contribution >= 0.6 is 11.8 Å². The first-order chi connectivity index (χ1) is 12.6. The first-order valence-corrected chi connectivity index (χ1v) is 10.0. The second kappa shape index (κ2) is 9.10. The summed E-state index contributed by atoms with van der Waals surface area (Å²) >= 11 is 1.56. The van der Waals surface area contributed by atoms with Gasteiger partial charge < -0.3 is 10.1 Å². The van der Waals surface area contributed by atoms with Crippen LogP contribution in [0.2, 0.25) is 0 Å². The van der Waals surface area contributed by atoms with Crippen molar-refractivity contribution < 1.29 is 9.53 Å². The Labute approximate surface area is 159 Å². The van der Waals surface area contributed by atoms with E-state index in [9.17, 15) is 4.79 Å². The van der Waals surface area contributed by atoms with Crippen LogP contribution in [0.3, 0.4) is 0 Å². The molecule has 1 aliphatic heterocycles. The second-order valence-corrected chi connectivity index (χ2v) is 7.78. The lowest BCUT2D eigenvalue weighted by Crippen LogP contribution is -2.38. The summed E-state index contributed by atoms with van der Waals surface area (Å²) in [7, 11) is 0. The molecule has 0 spiro atoms. The lowest BCUT2D eigenvalue weighted by molar-refractivity contribution is -0.118. The zero-order chi connectivity index (χ0) is 18.4. The topological polar surface area (TPSA) is 41.6 Å². The molecule has 0 saturated carbocycles. The highest BCUT2D eigenvalue weighted by Gasteiger charge is 2.20. The third kappa shape index (κ3) is 5.51. The maximum absolute atomic E-state index is 12.1. The van der Waals surface area contributed by atoms with Crippen molar-refractivity contribution in [2.75, 3.05) is 25.4 Å². The molecule has 1 amide bonds. The van der Waals surface area contributed by atoms with Gasteiger partial charge >= 0.3 is 0 Å². The highest BCUT2D eigenvalue weighted by atomic mass is 32.2. The number of nitrogens with zero attached hydrogens (tertiary/aromatic N) is 1. The van der Waals surface area contributed by atoms with Crippen LogP contribution in [-0.2, 0) is 11.3 Å². The normalized spacial score (nSPS) is 17.1. The quantitative estimate of drug-likeness (QED) is 0.791. The van der Waals surface area contributed by atoms with Crippen LogP contribution in [0.25, 0.3) is 0 Å². The number of hydrogen-bond donors (Lipinski definition) is 1. The molecule has 4 nitrogen and oxygen atoms in total. The number of carbonyl (C=O) groups excluding carboxylic acids is 1. The van der Waals surface area contributed by atoms with Crippen molar-refractivity contribution in [1.29, 1.82) is 0 Å². The summed E-state index contributed by atoms with van der Waals surface area (Å²) in [6.07, 6.45) is 0.142. The third-order valence-corrected chi connectivity index (χ3v) is 5.33. The number of aryl methyl sites for hydroxylation is 1. The molecular weight excluding hydrogens is 344 g/mol. The first-order valence-electron chi connectivity index (χ1n) is 9.03. The van der Waals surface area contributed by atoms with Gasteiger partial charge in [0.1, 0.15) is 11.9 Å². The van der Waals surface area contributed by atoms with E-state index in [1.165, 1.54) is 11.1 Å². The Kier molecular flexibility index (Phi) is 6.58. The molecule has 1 atom stereocenters. The van der Waals surface area contributed by atoms with Crippen LogP contribution in [0.4, 0.5) is 0 Å². The number of benzene rings is 2. The van der Waals surface area contributed by atoms with Crippen LogP contribution in [-0.4, -0.2) is 42.3 Å². The van der Waals surface area contributed by atoms with Crippen molar-refractivity contribution in [3.8, 4) is 5.75 Å². The predicted molar refractivity (Wildman–Crippen MR) is 107 cm³/mol. The van der Waals surface area contributed by atoms with Crippen LogP contribution in [0.15, 0.2) is 53.4 Å². The minimum absolute atomic E-state index is 0.0780. The van der Waals surface area contributed by atoms with Gasteiger partial charge in [-0.3, -0.25) is 9.69 Å². The maximum Gasteiger partial charge on any atom is 0.230 e. The average molecular weight is 371 g/mol. The molecule has 0 radical (unpaired) electrons. The highest BCUT2D eigenvalue weighted by molar-refractivity contribution is 8.00. The summed E-state index contributed by atoms with van der Waals surface area (Å²) in [6.45, 7) is 7.39. The number of hydrogen-bond acceptors (Lipinski definition) is 4. The summed E-state index contributed by atoms with van der Waals surface area (Å²) in [4.78, 5) is 15.5. The Morgan fingerprint density at radius 2 is 2.08 bits per heavy atom. The SMILES string of the molecule is Cc1ccc2c(c1)CN(CCNC(=O)CSc1ccccc1)CC(C)O2. The molecule has 1 N–H and O–H groups in total. The number of ether oxygens (including phenoxy) is 1. The molecular formula is C21H26N2O2S. The summed E-state index contributed by atoms with van der Waals surface area (Å²) in [5.41, 5.74) is 2.47. The van der Waals surface area contributed by atoms with Gasteiger partial charge in [0.05, 0.1) is 5.75 Å². The predicted octanol–water partition coefficient (Wildman–Crippen LogP) is 3.49. The van der Waals surface area contributed by atoms with Gasteiger partial charge in [-0.15, -0.1) is 11.8 Å². The zero-order valence-electron chi connectivity index (χ0n) is 15.4. The highest BCUT2D eigenvalue weighted by Crippen LogP contribution is 2.26. The zero-order valence-corrected chi connectivity index (χ0v) is 16.2. The number of thioether (sulfide) groups is 1. The number of rotatable bonds is 6. The van der Waals surface area contributed by atoms with Crippen molar-refractivity contribution in [3.63, 3.8) is 0 Å². The van der Waals surface area contributed by atoms with E-state index in [-0.39, 0.29) is 12.0 Å². The summed E-state index contributed by atoms with van der Waals surface area (Å²) in [5, 5.41) is 3.03. The molecule has 1 unspecified atom stereocenters. The monoisotopic (exact) mass is 370 g/mol. The van der Waals surface area contributed by atoms with E-state index < -0.39 is 0 Å². The molecule has 1 heterocycles. The standard InChI is InChI=1S/C21H26N2O2S/c1-16-8-9-20-18(12-16)14-23(13-17(2)25-20)11-10-22-21(24)15-26-19-6-4-3-5-7-19/h3-9,12,17H,10-11,13-15H2,1-2H3,(H,22,24). The largest absolute Gasteiger partial charge is 0.489 e. The summed E-state index contributed by atoms with van der Waals surface area (Å²) in [6, 6.07) is 16.3. The molecule has 26 heavy (non-hydrogen) atoms. The van der Waals surface area contributed by atoms with Crippen LogP contribution in [0.1, 0.15) is 18.1 Å². The summed E-state index contributed by atoms with van der Waals surface area (Å²) in [5.74, 6) is 1.51. The first kappa shape index (κ1) is 18.8. The molecule has 2 aromatic rings. The van der Waals surface area contributed by atoms with Gasteiger partial charge in [0.15, 0.2) is 0 Å². The van der Waals surface area contributed by atoms with Gasteiger partial charge in [-0.2, -0.15) is 0 Å². The molecule has 138 valence electrons.